The fraction of sp³-hybridized carbons (Fsp3) is 0.818. The summed E-state index contributed by atoms with van der Waals surface area (Å²) in [4.78, 5) is 0. The van der Waals surface area contributed by atoms with Gasteiger partial charge in [-0.15, -0.1) is 0 Å². The molecule has 0 bridgehead atoms. The van der Waals surface area contributed by atoms with Gasteiger partial charge in [0.05, 0.1) is 12.2 Å². The van der Waals surface area contributed by atoms with Crippen molar-refractivity contribution in [2.24, 2.45) is 5.41 Å². The molecule has 0 aromatic rings. The summed E-state index contributed by atoms with van der Waals surface area (Å²) in [5, 5.41) is 0. The first-order chi connectivity index (χ1) is 22.7. The first kappa shape index (κ1) is 39.3. The number of hydrogen-bond donors (Lipinski definition) is 0. The van der Waals surface area contributed by atoms with Crippen molar-refractivity contribution in [3.05, 3.63) is 48.6 Å². The molecule has 1 spiro atoms. The molecule has 2 nitrogen and oxygen atoms in total. The van der Waals surface area contributed by atoms with E-state index in [-0.39, 0.29) is 5.79 Å². The standard InChI is InChI=1S/C44H76O2/c1-3-5-7-9-11-13-15-17-19-21-23-25-27-29-31-33-38-43(39-44(40-43)45-41-35-34-36-42(41)46-44)37-32-30-28-26-24-22-20-18-16-14-12-10-8-6-4-2/h10-13,16-19,41-42H,3-9,14-15,20-40H2,1-2H3/b12-10-,13-11-,18-16-,19-17-. The van der Waals surface area contributed by atoms with Gasteiger partial charge in [0.15, 0.2) is 5.79 Å². The summed E-state index contributed by atoms with van der Waals surface area (Å²) < 4.78 is 13.2. The van der Waals surface area contributed by atoms with Crippen molar-refractivity contribution in [2.45, 2.75) is 224 Å². The van der Waals surface area contributed by atoms with Crippen molar-refractivity contribution < 1.29 is 9.47 Å². The molecule has 0 amide bonds. The van der Waals surface area contributed by atoms with Gasteiger partial charge in [0.25, 0.3) is 0 Å². The lowest BCUT2D eigenvalue weighted by Crippen LogP contribution is -2.53. The number of allylic oxidation sites excluding steroid dienone is 8. The summed E-state index contributed by atoms with van der Waals surface area (Å²) >= 11 is 0. The summed E-state index contributed by atoms with van der Waals surface area (Å²) in [6, 6.07) is 0. The van der Waals surface area contributed by atoms with E-state index in [0.717, 1.165) is 12.8 Å². The number of ether oxygens (including phenoxy) is 2. The molecule has 3 aliphatic rings. The molecule has 1 saturated heterocycles. The molecule has 0 aromatic heterocycles. The van der Waals surface area contributed by atoms with E-state index < -0.39 is 0 Å². The van der Waals surface area contributed by atoms with E-state index in [1.165, 1.54) is 180 Å². The van der Waals surface area contributed by atoms with E-state index in [9.17, 15) is 0 Å². The number of fused-ring (bicyclic) bond motifs is 1. The van der Waals surface area contributed by atoms with E-state index in [2.05, 4.69) is 62.5 Å². The Kier molecular flexibility index (Phi) is 21.3. The smallest absolute Gasteiger partial charge is 0.170 e. The van der Waals surface area contributed by atoms with Gasteiger partial charge in [0.2, 0.25) is 0 Å². The molecule has 46 heavy (non-hydrogen) atoms. The Labute approximate surface area is 287 Å². The van der Waals surface area contributed by atoms with Gasteiger partial charge in [0, 0.05) is 12.8 Å². The van der Waals surface area contributed by atoms with Crippen LogP contribution in [0.1, 0.15) is 206 Å². The molecule has 3 rings (SSSR count). The normalized spacial score (nSPS) is 26.1. The van der Waals surface area contributed by atoms with Crippen molar-refractivity contribution in [3.63, 3.8) is 0 Å². The van der Waals surface area contributed by atoms with Crippen LogP contribution in [0.3, 0.4) is 0 Å². The monoisotopic (exact) mass is 637 g/mol. The van der Waals surface area contributed by atoms with Crippen molar-refractivity contribution >= 4 is 0 Å². The fourth-order valence-electron chi connectivity index (χ4n) is 8.26. The van der Waals surface area contributed by atoms with E-state index in [0.29, 0.717) is 17.6 Å². The number of unbranched alkanes of at least 4 members (excludes halogenated alkanes) is 17. The highest BCUT2D eigenvalue weighted by Gasteiger charge is 2.61. The van der Waals surface area contributed by atoms with Crippen LogP contribution in [0.15, 0.2) is 48.6 Å². The van der Waals surface area contributed by atoms with Gasteiger partial charge in [-0.1, -0.05) is 152 Å². The molecular formula is C44H76O2. The second kappa shape index (κ2) is 24.9. The average molecular weight is 637 g/mol. The van der Waals surface area contributed by atoms with Gasteiger partial charge in [0.1, 0.15) is 0 Å². The molecule has 0 aromatic carbocycles. The lowest BCUT2D eigenvalue weighted by atomic mass is 9.59. The molecule has 2 saturated carbocycles. The molecule has 2 heteroatoms. The number of hydrogen-bond acceptors (Lipinski definition) is 2. The highest BCUT2D eigenvalue weighted by Crippen LogP contribution is 2.61. The first-order valence-electron chi connectivity index (χ1n) is 20.7. The Balaban J connectivity index is 1.21. The molecule has 2 aliphatic carbocycles. The Morgan fingerprint density at radius 2 is 0.848 bits per heavy atom. The summed E-state index contributed by atoms with van der Waals surface area (Å²) in [7, 11) is 0. The molecule has 264 valence electrons. The van der Waals surface area contributed by atoms with Gasteiger partial charge in [-0.3, -0.25) is 0 Å². The Bertz CT molecular complexity index is 830. The Morgan fingerprint density at radius 1 is 0.457 bits per heavy atom. The minimum absolute atomic E-state index is 0.201. The maximum Gasteiger partial charge on any atom is 0.170 e. The van der Waals surface area contributed by atoms with Crippen molar-refractivity contribution in [2.75, 3.05) is 0 Å². The first-order valence-corrected chi connectivity index (χ1v) is 20.7. The van der Waals surface area contributed by atoms with E-state index in [1.54, 1.807) is 0 Å². The molecular weight excluding hydrogens is 560 g/mol. The van der Waals surface area contributed by atoms with Crippen molar-refractivity contribution in [1.82, 2.24) is 0 Å². The fourth-order valence-corrected chi connectivity index (χ4v) is 8.26. The quantitative estimate of drug-likeness (QED) is 0.0601. The zero-order valence-electron chi connectivity index (χ0n) is 30.8. The van der Waals surface area contributed by atoms with Crippen LogP contribution in [-0.2, 0) is 9.47 Å². The SMILES string of the molecule is CCCC/C=C\C/C=C\CCCCCCCCC1(CCCCCCCC/C=C\C/C=C\CCCCC)CC2(C1)OC1CCCC1O2. The molecule has 1 heterocycles. The minimum Gasteiger partial charge on any atom is -0.344 e. The molecule has 3 fully saturated rings. The largest absolute Gasteiger partial charge is 0.344 e. The molecule has 1 aliphatic heterocycles. The van der Waals surface area contributed by atoms with Gasteiger partial charge in [-0.05, 0) is 95.3 Å². The van der Waals surface area contributed by atoms with Gasteiger partial charge >= 0.3 is 0 Å². The Hall–Kier alpha value is -1.12. The predicted octanol–water partition coefficient (Wildman–Crippen LogP) is 14.4. The van der Waals surface area contributed by atoms with Crippen LogP contribution in [0.5, 0.6) is 0 Å². The van der Waals surface area contributed by atoms with Crippen LogP contribution in [0.4, 0.5) is 0 Å². The third-order valence-corrected chi connectivity index (χ3v) is 11.0. The van der Waals surface area contributed by atoms with E-state index in [1.807, 2.05) is 0 Å². The third-order valence-electron chi connectivity index (χ3n) is 11.0. The van der Waals surface area contributed by atoms with Gasteiger partial charge < -0.3 is 9.47 Å². The second-order valence-corrected chi connectivity index (χ2v) is 15.3. The van der Waals surface area contributed by atoms with Crippen LogP contribution < -0.4 is 0 Å². The van der Waals surface area contributed by atoms with Crippen LogP contribution in [0.25, 0.3) is 0 Å². The zero-order chi connectivity index (χ0) is 32.4. The van der Waals surface area contributed by atoms with Crippen LogP contribution in [0, 0.1) is 5.41 Å². The third kappa shape index (κ3) is 16.3. The maximum atomic E-state index is 6.59. The van der Waals surface area contributed by atoms with Gasteiger partial charge in [-0.25, -0.2) is 0 Å². The zero-order valence-corrected chi connectivity index (χ0v) is 30.8. The van der Waals surface area contributed by atoms with E-state index >= 15 is 0 Å². The molecule has 2 atom stereocenters. The van der Waals surface area contributed by atoms with E-state index in [4.69, 9.17) is 9.47 Å². The Morgan fingerprint density at radius 3 is 1.30 bits per heavy atom. The maximum absolute atomic E-state index is 6.59. The predicted molar refractivity (Wildman–Crippen MR) is 201 cm³/mol. The lowest BCUT2D eigenvalue weighted by Gasteiger charge is -2.54. The van der Waals surface area contributed by atoms with Crippen LogP contribution in [0.2, 0.25) is 0 Å². The highest BCUT2D eigenvalue weighted by atomic mass is 16.8. The second-order valence-electron chi connectivity index (χ2n) is 15.3. The van der Waals surface area contributed by atoms with Crippen molar-refractivity contribution in [3.8, 4) is 0 Å². The summed E-state index contributed by atoms with van der Waals surface area (Å²) in [6.07, 6.45) is 59.2. The minimum atomic E-state index is -0.201. The highest BCUT2D eigenvalue weighted by molar-refractivity contribution is 5.05. The topological polar surface area (TPSA) is 18.5 Å². The summed E-state index contributed by atoms with van der Waals surface area (Å²) in [5.41, 5.74) is 0.490. The van der Waals surface area contributed by atoms with Crippen LogP contribution in [-0.4, -0.2) is 18.0 Å². The summed E-state index contributed by atoms with van der Waals surface area (Å²) in [5.74, 6) is -0.201. The summed E-state index contributed by atoms with van der Waals surface area (Å²) in [6.45, 7) is 4.54. The molecule has 2 unspecified atom stereocenters. The van der Waals surface area contributed by atoms with Gasteiger partial charge in [-0.2, -0.15) is 0 Å². The number of rotatable bonds is 29. The average Bonchev–Trinajstić information content (AvgIpc) is 3.62. The van der Waals surface area contributed by atoms with Crippen LogP contribution >= 0.6 is 0 Å². The molecule has 0 radical (unpaired) electrons. The lowest BCUT2D eigenvalue weighted by molar-refractivity contribution is -0.280. The molecule has 0 N–H and O–H groups in total. The van der Waals surface area contributed by atoms with Crippen molar-refractivity contribution in [1.29, 1.82) is 0 Å².